The zero-order chi connectivity index (χ0) is 25.4. The van der Waals surface area contributed by atoms with Crippen LogP contribution in [0.4, 0.5) is 26.3 Å². The first kappa shape index (κ1) is 26.9. The SMILES string of the molecule is CCOC(=O)[C@H]1C(c2ccc(C)cc2)[C@H](C(=O)OCC)[C@](O)(C(F)(F)F)N[C@]1(O)C(F)(F)F. The van der Waals surface area contributed by atoms with Gasteiger partial charge in [-0.05, 0) is 26.3 Å². The highest BCUT2D eigenvalue weighted by atomic mass is 19.4. The number of rotatable bonds is 5. The lowest BCUT2D eigenvalue weighted by molar-refractivity contribution is -0.376. The number of benzene rings is 1. The Balaban J connectivity index is 2.95. The van der Waals surface area contributed by atoms with Gasteiger partial charge in [0.2, 0.25) is 11.4 Å². The third kappa shape index (κ3) is 4.66. The number of hydrogen-bond acceptors (Lipinski definition) is 7. The minimum absolute atomic E-state index is 0.358. The predicted octanol–water partition coefficient (Wildman–Crippen LogP) is 2.54. The van der Waals surface area contributed by atoms with Gasteiger partial charge in [0.25, 0.3) is 0 Å². The van der Waals surface area contributed by atoms with E-state index in [1.807, 2.05) is 0 Å². The van der Waals surface area contributed by atoms with Gasteiger partial charge in [0.15, 0.2) is 0 Å². The average Bonchev–Trinajstić information content (AvgIpc) is 2.66. The normalized spacial score (nSPS) is 30.6. The lowest BCUT2D eigenvalue weighted by Crippen LogP contribution is -2.81. The molecule has 0 bridgehead atoms. The molecule has 1 fully saturated rings. The summed E-state index contributed by atoms with van der Waals surface area (Å²) in [6.07, 6.45) is -11.8. The van der Waals surface area contributed by atoms with Crippen LogP contribution in [0.25, 0.3) is 0 Å². The smallest absolute Gasteiger partial charge is 0.432 e. The number of aryl methyl sites for hydroxylation is 1. The standard InChI is InChI=1S/C20H23F6NO6/c1-4-32-15(28)13-12(11-8-6-10(3)7-9-11)14(16(29)33-5-2)18(31,20(24,25)26)27-17(13,30)19(21,22)23/h6-9,12-14,27,30-31H,4-5H2,1-3H3/t12?,13-,14-,17-,18+/m1/s1. The van der Waals surface area contributed by atoms with Crippen molar-refractivity contribution in [2.75, 3.05) is 13.2 Å². The van der Waals surface area contributed by atoms with Crippen molar-refractivity contribution < 1.29 is 55.6 Å². The number of carbonyl (C=O) groups excluding carboxylic acids is 2. The zero-order valence-electron chi connectivity index (χ0n) is 17.8. The van der Waals surface area contributed by atoms with Crippen LogP contribution in [-0.4, -0.2) is 59.2 Å². The van der Waals surface area contributed by atoms with E-state index in [1.165, 1.54) is 26.0 Å². The molecule has 1 heterocycles. The highest BCUT2D eigenvalue weighted by Crippen LogP contribution is 2.55. The van der Waals surface area contributed by atoms with Crippen molar-refractivity contribution in [2.45, 2.75) is 50.5 Å². The maximum absolute atomic E-state index is 14.0. The molecule has 5 atom stereocenters. The molecule has 0 amide bonds. The molecule has 0 aromatic heterocycles. The summed E-state index contributed by atoms with van der Waals surface area (Å²) < 4.78 is 93.4. The molecule has 3 N–H and O–H groups in total. The van der Waals surface area contributed by atoms with E-state index in [1.54, 1.807) is 6.92 Å². The van der Waals surface area contributed by atoms with Crippen molar-refractivity contribution in [3.05, 3.63) is 35.4 Å². The van der Waals surface area contributed by atoms with Gasteiger partial charge in [-0.3, -0.25) is 9.59 Å². The van der Waals surface area contributed by atoms with Gasteiger partial charge < -0.3 is 19.7 Å². The molecule has 1 aromatic rings. The molecule has 1 saturated heterocycles. The molecule has 2 rings (SSSR count). The summed E-state index contributed by atoms with van der Waals surface area (Å²) in [6.45, 7) is 3.10. The molecule has 0 radical (unpaired) electrons. The van der Waals surface area contributed by atoms with E-state index in [-0.39, 0.29) is 5.56 Å². The molecule has 0 aliphatic carbocycles. The zero-order valence-corrected chi connectivity index (χ0v) is 17.8. The molecule has 186 valence electrons. The van der Waals surface area contributed by atoms with Crippen LogP contribution in [0.15, 0.2) is 24.3 Å². The summed E-state index contributed by atoms with van der Waals surface area (Å²) in [5, 5.41) is 21.8. The maximum Gasteiger partial charge on any atom is 0.432 e. The number of nitrogens with one attached hydrogen (secondary N) is 1. The topological polar surface area (TPSA) is 105 Å². The molecule has 1 aliphatic rings. The lowest BCUT2D eigenvalue weighted by atomic mass is 9.64. The number of carbonyl (C=O) groups is 2. The minimum atomic E-state index is -5.91. The number of alkyl halides is 6. The second-order valence-corrected chi connectivity index (χ2v) is 7.55. The van der Waals surface area contributed by atoms with E-state index in [0.717, 1.165) is 17.4 Å². The molecule has 1 unspecified atom stereocenters. The fourth-order valence-electron chi connectivity index (χ4n) is 3.92. The van der Waals surface area contributed by atoms with Crippen molar-refractivity contribution in [1.29, 1.82) is 0 Å². The van der Waals surface area contributed by atoms with Crippen molar-refractivity contribution in [3.8, 4) is 0 Å². The van der Waals surface area contributed by atoms with Crippen LogP contribution < -0.4 is 5.32 Å². The average molecular weight is 487 g/mol. The van der Waals surface area contributed by atoms with E-state index in [2.05, 4.69) is 9.47 Å². The Kier molecular flexibility index (Phi) is 7.41. The quantitative estimate of drug-likeness (QED) is 0.433. The monoisotopic (exact) mass is 487 g/mol. The third-order valence-electron chi connectivity index (χ3n) is 5.41. The van der Waals surface area contributed by atoms with Gasteiger partial charge in [0, 0.05) is 5.92 Å². The van der Waals surface area contributed by atoms with Crippen molar-refractivity contribution >= 4 is 11.9 Å². The van der Waals surface area contributed by atoms with Crippen LogP contribution in [0.1, 0.15) is 30.9 Å². The Hall–Kier alpha value is -2.38. The van der Waals surface area contributed by atoms with Crippen LogP contribution in [-0.2, 0) is 19.1 Å². The Morgan fingerprint density at radius 3 is 1.55 bits per heavy atom. The highest BCUT2D eigenvalue weighted by molar-refractivity contribution is 5.81. The second kappa shape index (κ2) is 9.11. The molecule has 33 heavy (non-hydrogen) atoms. The molecular formula is C20H23F6NO6. The summed E-state index contributed by atoms with van der Waals surface area (Å²) in [5.74, 6) is -11.4. The van der Waals surface area contributed by atoms with Crippen LogP contribution in [0.3, 0.4) is 0 Å². The largest absolute Gasteiger partial charge is 0.466 e. The van der Waals surface area contributed by atoms with Crippen molar-refractivity contribution in [1.82, 2.24) is 5.32 Å². The summed E-state index contributed by atoms with van der Waals surface area (Å²) in [7, 11) is 0. The van der Waals surface area contributed by atoms with Crippen LogP contribution >= 0.6 is 0 Å². The fraction of sp³-hybridized carbons (Fsp3) is 0.600. The van der Waals surface area contributed by atoms with E-state index in [9.17, 15) is 46.1 Å². The highest BCUT2D eigenvalue weighted by Gasteiger charge is 2.78. The number of esters is 2. The molecule has 0 spiro atoms. The summed E-state index contributed by atoms with van der Waals surface area (Å²) in [6, 6.07) is 4.83. The maximum atomic E-state index is 14.0. The number of piperidine rings is 1. The van der Waals surface area contributed by atoms with Gasteiger partial charge in [0.1, 0.15) is 11.8 Å². The first-order valence-corrected chi connectivity index (χ1v) is 9.82. The van der Waals surface area contributed by atoms with Gasteiger partial charge in [-0.2, -0.15) is 26.3 Å². The first-order valence-electron chi connectivity index (χ1n) is 9.82. The van der Waals surface area contributed by atoms with E-state index < -0.39 is 66.7 Å². The Morgan fingerprint density at radius 2 is 1.24 bits per heavy atom. The van der Waals surface area contributed by atoms with Crippen LogP contribution in [0, 0.1) is 18.8 Å². The van der Waals surface area contributed by atoms with Gasteiger partial charge in [0.05, 0.1) is 13.2 Å². The Labute approximate surface area is 184 Å². The molecular weight excluding hydrogens is 464 g/mol. The number of ether oxygens (including phenoxy) is 2. The predicted molar refractivity (Wildman–Crippen MR) is 99.3 cm³/mol. The molecule has 13 heteroatoms. The summed E-state index contributed by atoms with van der Waals surface area (Å²) in [4.78, 5) is 25.3. The van der Waals surface area contributed by atoms with Crippen molar-refractivity contribution in [2.24, 2.45) is 11.8 Å². The fourth-order valence-corrected chi connectivity index (χ4v) is 3.92. The first-order chi connectivity index (χ1) is 15.0. The lowest BCUT2D eigenvalue weighted by Gasteiger charge is -2.54. The summed E-state index contributed by atoms with van der Waals surface area (Å²) >= 11 is 0. The van der Waals surface area contributed by atoms with E-state index >= 15 is 0 Å². The Bertz CT molecular complexity index is 825. The number of halogens is 6. The van der Waals surface area contributed by atoms with Crippen molar-refractivity contribution in [3.63, 3.8) is 0 Å². The van der Waals surface area contributed by atoms with Crippen LogP contribution in [0.2, 0.25) is 0 Å². The summed E-state index contributed by atoms with van der Waals surface area (Å²) in [5.41, 5.74) is -9.04. The molecule has 1 aliphatic heterocycles. The number of hydrogen-bond donors (Lipinski definition) is 3. The molecule has 1 aromatic carbocycles. The number of aliphatic hydroxyl groups is 2. The van der Waals surface area contributed by atoms with Gasteiger partial charge in [-0.25, -0.2) is 5.32 Å². The Morgan fingerprint density at radius 1 is 0.879 bits per heavy atom. The van der Waals surface area contributed by atoms with Crippen LogP contribution in [0.5, 0.6) is 0 Å². The van der Waals surface area contributed by atoms with Gasteiger partial charge >= 0.3 is 24.3 Å². The minimum Gasteiger partial charge on any atom is -0.466 e. The van der Waals surface area contributed by atoms with Gasteiger partial charge in [-0.15, -0.1) is 0 Å². The molecule has 7 nitrogen and oxygen atoms in total. The molecule has 0 saturated carbocycles. The second-order valence-electron chi connectivity index (χ2n) is 7.55. The third-order valence-corrected chi connectivity index (χ3v) is 5.41. The van der Waals surface area contributed by atoms with Gasteiger partial charge in [-0.1, -0.05) is 29.8 Å². The van der Waals surface area contributed by atoms with E-state index in [4.69, 9.17) is 0 Å². The van der Waals surface area contributed by atoms with E-state index in [0.29, 0.717) is 5.56 Å².